The van der Waals surface area contributed by atoms with Crippen LogP contribution in [0.5, 0.6) is 0 Å². The van der Waals surface area contributed by atoms with E-state index in [-0.39, 0.29) is 0 Å². The highest BCUT2D eigenvalue weighted by Crippen LogP contribution is 2.31. The molecular formula is C17H23ClO4. The van der Waals surface area contributed by atoms with E-state index < -0.39 is 17.9 Å². The molecule has 1 aromatic carbocycles. The maximum absolute atomic E-state index is 11.9. The van der Waals surface area contributed by atoms with Gasteiger partial charge in [-0.3, -0.25) is 0 Å². The Labute approximate surface area is 136 Å². The minimum Gasteiger partial charge on any atom is -0.467 e. The number of hydrogen-bond donors (Lipinski definition) is 1. The zero-order valence-electron chi connectivity index (χ0n) is 12.9. The van der Waals surface area contributed by atoms with Crippen LogP contribution in [0.15, 0.2) is 24.3 Å². The van der Waals surface area contributed by atoms with Crippen molar-refractivity contribution in [1.29, 1.82) is 0 Å². The monoisotopic (exact) mass is 326 g/mol. The normalized spacial score (nSPS) is 18.7. The third-order valence-corrected chi connectivity index (χ3v) is 4.46. The van der Waals surface area contributed by atoms with Gasteiger partial charge in [0.05, 0.1) is 7.11 Å². The van der Waals surface area contributed by atoms with Gasteiger partial charge in [-0.2, -0.15) is 0 Å². The van der Waals surface area contributed by atoms with Crippen LogP contribution in [0, 0.1) is 0 Å². The molecule has 0 radical (unpaired) electrons. The minimum atomic E-state index is -1.21. The Bertz CT molecular complexity index is 497. The van der Waals surface area contributed by atoms with Gasteiger partial charge < -0.3 is 14.6 Å². The third-order valence-electron chi connectivity index (χ3n) is 4.09. The van der Waals surface area contributed by atoms with Gasteiger partial charge >= 0.3 is 5.97 Å². The summed E-state index contributed by atoms with van der Waals surface area (Å²) in [4.78, 5) is 11.9. The van der Waals surface area contributed by atoms with Crippen molar-refractivity contribution in [2.75, 3.05) is 7.11 Å². The molecule has 1 saturated carbocycles. The van der Waals surface area contributed by atoms with E-state index in [1.54, 1.807) is 0 Å². The van der Waals surface area contributed by atoms with E-state index in [1.807, 2.05) is 24.3 Å². The van der Waals surface area contributed by atoms with E-state index in [9.17, 15) is 9.90 Å². The van der Waals surface area contributed by atoms with E-state index in [1.165, 1.54) is 7.11 Å². The van der Waals surface area contributed by atoms with E-state index in [4.69, 9.17) is 21.1 Å². The van der Waals surface area contributed by atoms with Gasteiger partial charge in [0.1, 0.15) is 0 Å². The predicted octanol–water partition coefficient (Wildman–Crippen LogP) is 3.48. The summed E-state index contributed by atoms with van der Waals surface area (Å²) in [7, 11) is 1.33. The SMILES string of the molecule is COC(=O)C(CCc1ccccc1Cl)OC1(O)CCCCC1. The predicted molar refractivity (Wildman–Crippen MR) is 84.7 cm³/mol. The number of carbonyl (C=O) groups excluding carboxylic acids is 1. The first-order valence-electron chi connectivity index (χ1n) is 7.75. The number of esters is 1. The summed E-state index contributed by atoms with van der Waals surface area (Å²) in [5.41, 5.74) is 0.956. The summed E-state index contributed by atoms with van der Waals surface area (Å²) in [5, 5.41) is 11.2. The molecule has 1 unspecified atom stereocenters. The molecule has 22 heavy (non-hydrogen) atoms. The number of halogens is 1. The maximum atomic E-state index is 11.9. The maximum Gasteiger partial charge on any atom is 0.335 e. The summed E-state index contributed by atoms with van der Waals surface area (Å²) < 4.78 is 10.5. The lowest BCUT2D eigenvalue weighted by molar-refractivity contribution is -0.248. The number of aryl methyl sites for hydroxylation is 1. The Kier molecular flexibility index (Phi) is 6.24. The lowest BCUT2D eigenvalue weighted by atomic mass is 9.94. The van der Waals surface area contributed by atoms with Crippen LogP contribution in [0.1, 0.15) is 44.1 Å². The lowest BCUT2D eigenvalue weighted by Gasteiger charge is -2.34. The fraction of sp³-hybridized carbons (Fsp3) is 0.588. The van der Waals surface area contributed by atoms with Crippen LogP contribution in [-0.2, 0) is 20.7 Å². The molecule has 1 aromatic rings. The van der Waals surface area contributed by atoms with Gasteiger partial charge in [0.2, 0.25) is 0 Å². The summed E-state index contributed by atoms with van der Waals surface area (Å²) in [5.74, 6) is -1.66. The van der Waals surface area contributed by atoms with Crippen molar-refractivity contribution in [2.45, 2.75) is 56.8 Å². The minimum absolute atomic E-state index is 0.429. The van der Waals surface area contributed by atoms with E-state index in [0.29, 0.717) is 30.7 Å². The highest BCUT2D eigenvalue weighted by molar-refractivity contribution is 6.31. The molecule has 1 aliphatic carbocycles. The first-order valence-corrected chi connectivity index (χ1v) is 8.13. The van der Waals surface area contributed by atoms with Crippen molar-refractivity contribution in [3.05, 3.63) is 34.9 Å². The number of hydrogen-bond acceptors (Lipinski definition) is 4. The van der Waals surface area contributed by atoms with Gasteiger partial charge in [0.25, 0.3) is 0 Å². The zero-order chi connectivity index (χ0) is 16.0. The van der Waals surface area contributed by atoms with Gasteiger partial charge in [-0.05, 0) is 37.3 Å². The zero-order valence-corrected chi connectivity index (χ0v) is 13.6. The highest BCUT2D eigenvalue weighted by atomic mass is 35.5. The van der Waals surface area contributed by atoms with Crippen LogP contribution in [-0.4, -0.2) is 30.1 Å². The molecule has 0 saturated heterocycles. The van der Waals surface area contributed by atoms with Crippen LogP contribution in [0.3, 0.4) is 0 Å². The van der Waals surface area contributed by atoms with E-state index in [2.05, 4.69) is 0 Å². The van der Waals surface area contributed by atoms with Crippen molar-refractivity contribution in [1.82, 2.24) is 0 Å². The second kappa shape index (κ2) is 7.95. The van der Waals surface area contributed by atoms with E-state index >= 15 is 0 Å². The quantitative estimate of drug-likeness (QED) is 0.642. The van der Waals surface area contributed by atoms with Gasteiger partial charge in [-0.15, -0.1) is 0 Å². The number of rotatable bonds is 6. The van der Waals surface area contributed by atoms with Gasteiger partial charge in [0, 0.05) is 17.9 Å². The van der Waals surface area contributed by atoms with Crippen LogP contribution in [0.4, 0.5) is 0 Å². The second-order valence-corrected chi connectivity index (χ2v) is 6.17. The van der Waals surface area contributed by atoms with Crippen molar-refractivity contribution in [3.63, 3.8) is 0 Å². The molecule has 1 fully saturated rings. The molecule has 1 N–H and O–H groups in total. The first kappa shape index (κ1) is 17.3. The molecule has 5 heteroatoms. The topological polar surface area (TPSA) is 55.8 Å². The van der Waals surface area contributed by atoms with Crippen molar-refractivity contribution < 1.29 is 19.4 Å². The number of carbonyl (C=O) groups is 1. The number of benzene rings is 1. The Morgan fingerprint density at radius 3 is 2.64 bits per heavy atom. The fourth-order valence-corrected chi connectivity index (χ4v) is 3.06. The number of aliphatic hydroxyl groups is 1. The molecule has 0 spiro atoms. The molecule has 0 bridgehead atoms. The van der Waals surface area contributed by atoms with Crippen molar-refractivity contribution >= 4 is 17.6 Å². The van der Waals surface area contributed by atoms with Crippen LogP contribution in [0.2, 0.25) is 5.02 Å². The van der Waals surface area contributed by atoms with Gasteiger partial charge in [-0.25, -0.2) is 4.79 Å². The first-order chi connectivity index (χ1) is 10.5. The Morgan fingerprint density at radius 2 is 2.00 bits per heavy atom. The second-order valence-electron chi connectivity index (χ2n) is 5.77. The Hall–Kier alpha value is -1.10. The Balaban J connectivity index is 2.00. The lowest BCUT2D eigenvalue weighted by Crippen LogP contribution is -2.42. The molecule has 4 nitrogen and oxygen atoms in total. The average Bonchev–Trinajstić information content (AvgIpc) is 2.52. The summed E-state index contributed by atoms with van der Waals surface area (Å²) in [6.07, 6.45) is 4.29. The third kappa shape index (κ3) is 4.70. The largest absolute Gasteiger partial charge is 0.467 e. The van der Waals surface area contributed by atoms with Crippen LogP contribution >= 0.6 is 11.6 Å². The fourth-order valence-electron chi connectivity index (χ4n) is 2.83. The van der Waals surface area contributed by atoms with Crippen molar-refractivity contribution in [2.24, 2.45) is 0 Å². The molecular weight excluding hydrogens is 304 g/mol. The summed E-state index contributed by atoms with van der Waals surface area (Å²) in [6, 6.07) is 7.51. The molecule has 0 amide bonds. The van der Waals surface area contributed by atoms with Crippen molar-refractivity contribution in [3.8, 4) is 0 Å². The number of methoxy groups -OCH3 is 1. The number of ether oxygens (including phenoxy) is 2. The standard InChI is InChI=1S/C17H23ClO4/c1-21-16(19)15(22-17(20)11-5-2-6-12-17)10-9-13-7-3-4-8-14(13)18/h3-4,7-8,15,20H,2,5-6,9-12H2,1H3. The molecule has 0 aromatic heterocycles. The molecule has 0 aliphatic heterocycles. The summed E-state index contributed by atoms with van der Waals surface area (Å²) in [6.45, 7) is 0. The Morgan fingerprint density at radius 1 is 1.32 bits per heavy atom. The van der Waals surface area contributed by atoms with Gasteiger partial charge in [0.15, 0.2) is 11.9 Å². The molecule has 1 aliphatic rings. The molecule has 1 atom stereocenters. The van der Waals surface area contributed by atoms with Gasteiger partial charge in [-0.1, -0.05) is 36.2 Å². The van der Waals surface area contributed by atoms with Crippen LogP contribution < -0.4 is 0 Å². The van der Waals surface area contributed by atoms with E-state index in [0.717, 1.165) is 24.8 Å². The summed E-state index contributed by atoms with van der Waals surface area (Å²) >= 11 is 6.13. The molecule has 0 heterocycles. The smallest absolute Gasteiger partial charge is 0.335 e. The average molecular weight is 327 g/mol. The van der Waals surface area contributed by atoms with Crippen LogP contribution in [0.25, 0.3) is 0 Å². The molecule has 122 valence electrons. The highest BCUT2D eigenvalue weighted by Gasteiger charge is 2.35. The molecule has 2 rings (SSSR count).